The van der Waals surface area contributed by atoms with Crippen molar-refractivity contribution in [3.63, 3.8) is 0 Å². The summed E-state index contributed by atoms with van der Waals surface area (Å²) in [5.41, 5.74) is 0.580. The van der Waals surface area contributed by atoms with Gasteiger partial charge in [0.05, 0.1) is 17.1 Å². The molecule has 9 heteroatoms. The number of hydrogen-bond acceptors (Lipinski definition) is 7. The lowest BCUT2D eigenvalue weighted by Gasteiger charge is -2.37. The Bertz CT molecular complexity index is 737. The molecule has 0 aromatic heterocycles. The maximum Gasteiger partial charge on any atom is 0.149 e. The summed E-state index contributed by atoms with van der Waals surface area (Å²) in [5.74, 6) is 2.52. The average molecular weight is 653 g/mol. The fraction of sp³-hybridized carbons (Fsp3) is 0.839. The number of allylic oxidation sites excluding steroid dienone is 1. The molecule has 0 aromatic rings. The second-order valence-electron chi connectivity index (χ2n) is 11.7. The summed E-state index contributed by atoms with van der Waals surface area (Å²) < 4.78 is 8.20. The molecule has 0 spiro atoms. The largest absolute Gasteiger partial charge is 0.498 e. The van der Waals surface area contributed by atoms with Crippen molar-refractivity contribution in [3.05, 3.63) is 12.3 Å². The van der Waals surface area contributed by atoms with Gasteiger partial charge in [-0.05, 0) is 84.8 Å². The summed E-state index contributed by atoms with van der Waals surface area (Å²) >= 11 is 13.7. The maximum absolute atomic E-state index is 13.1. The third-order valence-corrected chi connectivity index (χ3v) is 12.4. The highest BCUT2D eigenvalue weighted by Gasteiger charge is 2.34. The van der Waals surface area contributed by atoms with Gasteiger partial charge in [0.25, 0.3) is 0 Å². The van der Waals surface area contributed by atoms with Crippen LogP contribution in [0.25, 0.3) is 0 Å². The van der Waals surface area contributed by atoms with Gasteiger partial charge >= 0.3 is 0 Å². The second kappa shape index (κ2) is 22.8. The highest BCUT2D eigenvalue weighted by molar-refractivity contribution is 8.23. The Balaban J connectivity index is 0. The Morgan fingerprint density at radius 3 is 2.00 bits per heavy atom. The average Bonchev–Trinajstić information content (AvgIpc) is 2.89. The first-order valence-corrected chi connectivity index (χ1v) is 19.8. The molecular weight excluding hydrogens is 592 g/mol. The first-order valence-electron chi connectivity index (χ1n) is 14.8. The Labute approximate surface area is 269 Å². The van der Waals surface area contributed by atoms with Gasteiger partial charge in [0, 0.05) is 35.6 Å². The molecule has 0 aliphatic carbocycles. The minimum atomic E-state index is -0.503. The molecule has 0 saturated heterocycles. The SMILES string of the molecule is C=C(OCCCC(C)(SC=S)C(=O)CCCSC(=S)N(CC)CC)C(C(C)C(C)(C)C)P(C)C.CCN(C)CC. The standard InChI is InChI=1S/C26H48NO2PS4.C5H13N/c1-11-27(12-2)24(32)33-18-13-15-22(28)26(8,34-19-31)16-14-17-29-21(4)23(30(9)10)20(3)25(5,6)7;1-4-6(3)5-2/h19-20,23H,4,11-18H2,1-3,5-10H3;4-5H2,1-3H3. The molecular formula is C31H61N2O2PS4. The second-order valence-corrected chi connectivity index (χ2v) is 17.8. The van der Waals surface area contributed by atoms with E-state index >= 15 is 0 Å². The first-order chi connectivity index (χ1) is 18.6. The van der Waals surface area contributed by atoms with E-state index in [1.807, 2.05) is 6.92 Å². The topological polar surface area (TPSA) is 32.8 Å². The van der Waals surface area contributed by atoms with Gasteiger partial charge in [-0.2, -0.15) is 0 Å². The normalized spacial score (nSPS) is 14.6. The number of thiocarbonyl (C=S) groups is 2. The summed E-state index contributed by atoms with van der Waals surface area (Å²) in [4.78, 5) is 17.5. The van der Waals surface area contributed by atoms with E-state index in [1.54, 1.807) is 16.5 Å². The van der Waals surface area contributed by atoms with Crippen LogP contribution in [-0.2, 0) is 9.53 Å². The number of thioether (sulfide) groups is 2. The molecule has 4 nitrogen and oxygen atoms in total. The molecule has 0 radical (unpaired) electrons. The van der Waals surface area contributed by atoms with E-state index in [0.29, 0.717) is 24.6 Å². The number of rotatable bonds is 19. The third-order valence-electron chi connectivity index (χ3n) is 7.58. The van der Waals surface area contributed by atoms with Crippen LogP contribution in [0, 0.1) is 11.3 Å². The highest BCUT2D eigenvalue weighted by Crippen LogP contribution is 2.47. The van der Waals surface area contributed by atoms with Crippen LogP contribution in [0.3, 0.4) is 0 Å². The zero-order valence-corrected chi connectivity index (χ0v) is 32.0. The number of Topliss-reactive ketones (excluding diaryl/α,β-unsaturated/α-hetero) is 1. The van der Waals surface area contributed by atoms with Gasteiger partial charge in [0.15, 0.2) is 0 Å². The molecule has 0 rings (SSSR count). The van der Waals surface area contributed by atoms with Crippen LogP contribution < -0.4 is 0 Å². The van der Waals surface area contributed by atoms with Crippen LogP contribution in [0.15, 0.2) is 12.3 Å². The smallest absolute Gasteiger partial charge is 0.149 e. The third kappa shape index (κ3) is 17.4. The zero-order valence-electron chi connectivity index (χ0n) is 27.8. The first kappa shape index (κ1) is 42.4. The van der Waals surface area contributed by atoms with Crippen LogP contribution in [0.1, 0.15) is 88.0 Å². The molecule has 0 bridgehead atoms. The Hall–Kier alpha value is 0.280. The van der Waals surface area contributed by atoms with E-state index in [0.717, 1.165) is 61.3 Å². The fourth-order valence-corrected chi connectivity index (χ4v) is 8.76. The minimum absolute atomic E-state index is 0.202. The van der Waals surface area contributed by atoms with Gasteiger partial charge in [-0.1, -0.05) is 84.3 Å². The van der Waals surface area contributed by atoms with Crippen molar-refractivity contribution in [1.29, 1.82) is 0 Å². The predicted octanol–water partition coefficient (Wildman–Crippen LogP) is 9.21. The summed E-state index contributed by atoms with van der Waals surface area (Å²) in [5, 5.41) is 0. The molecule has 0 aliphatic rings. The van der Waals surface area contributed by atoms with Crippen molar-refractivity contribution < 1.29 is 9.53 Å². The van der Waals surface area contributed by atoms with Gasteiger partial charge < -0.3 is 14.5 Å². The van der Waals surface area contributed by atoms with E-state index in [9.17, 15) is 4.79 Å². The van der Waals surface area contributed by atoms with E-state index in [-0.39, 0.29) is 19.1 Å². The lowest BCUT2D eigenvalue weighted by Crippen LogP contribution is -2.33. The van der Waals surface area contributed by atoms with Crippen LogP contribution >= 0.6 is 55.9 Å². The van der Waals surface area contributed by atoms with Gasteiger partial charge in [-0.25, -0.2) is 0 Å². The summed E-state index contributed by atoms with van der Waals surface area (Å²) in [6.45, 7) is 33.4. The number of nitrogens with zero attached hydrogens (tertiary/aromatic N) is 2. The van der Waals surface area contributed by atoms with Gasteiger partial charge in [0.1, 0.15) is 10.1 Å². The highest BCUT2D eigenvalue weighted by atomic mass is 32.2. The molecule has 0 saturated carbocycles. The molecule has 236 valence electrons. The number of carbonyl (C=O) groups is 1. The van der Waals surface area contributed by atoms with Crippen molar-refractivity contribution in [1.82, 2.24) is 9.80 Å². The van der Waals surface area contributed by atoms with Crippen molar-refractivity contribution in [2.75, 3.05) is 58.9 Å². The van der Waals surface area contributed by atoms with Crippen molar-refractivity contribution >= 4 is 70.7 Å². The van der Waals surface area contributed by atoms with Crippen LogP contribution in [-0.4, -0.2) is 93.9 Å². The molecule has 0 aromatic carbocycles. The minimum Gasteiger partial charge on any atom is -0.498 e. The summed E-state index contributed by atoms with van der Waals surface area (Å²) in [6.07, 6.45) is 2.93. The number of carbonyl (C=O) groups excluding carboxylic acids is 1. The molecule has 0 aliphatic heterocycles. The summed E-state index contributed by atoms with van der Waals surface area (Å²) in [7, 11) is 1.91. The zero-order chi connectivity index (χ0) is 31.5. The fourth-order valence-electron chi connectivity index (χ4n) is 4.01. The molecule has 40 heavy (non-hydrogen) atoms. The Kier molecular flexibility index (Phi) is 24.1. The summed E-state index contributed by atoms with van der Waals surface area (Å²) in [6, 6.07) is 0. The Morgan fingerprint density at radius 2 is 1.60 bits per heavy atom. The van der Waals surface area contributed by atoms with Gasteiger partial charge in [0.2, 0.25) is 0 Å². The van der Waals surface area contributed by atoms with Gasteiger partial charge in [-0.3, -0.25) is 4.79 Å². The van der Waals surface area contributed by atoms with Gasteiger partial charge in [-0.15, -0.1) is 19.7 Å². The van der Waals surface area contributed by atoms with Crippen LogP contribution in [0.5, 0.6) is 0 Å². The van der Waals surface area contributed by atoms with Crippen molar-refractivity contribution in [3.8, 4) is 0 Å². The number of ketones is 1. The lowest BCUT2D eigenvalue weighted by molar-refractivity contribution is -0.121. The lowest BCUT2D eigenvalue weighted by atomic mass is 9.79. The van der Waals surface area contributed by atoms with E-state index in [2.05, 4.69) is 92.1 Å². The van der Waals surface area contributed by atoms with Crippen LogP contribution in [0.4, 0.5) is 0 Å². The molecule has 0 N–H and O–H groups in total. The quantitative estimate of drug-likeness (QED) is 0.0591. The molecule has 3 unspecified atom stereocenters. The molecule has 0 amide bonds. The Morgan fingerprint density at radius 1 is 1.05 bits per heavy atom. The number of hydrogen-bond donors (Lipinski definition) is 0. The van der Waals surface area contributed by atoms with E-state index in [4.69, 9.17) is 29.2 Å². The molecule has 0 heterocycles. The van der Waals surface area contributed by atoms with Crippen molar-refractivity contribution in [2.45, 2.75) is 98.4 Å². The molecule has 3 atom stereocenters. The molecule has 0 fully saturated rings. The van der Waals surface area contributed by atoms with E-state index in [1.165, 1.54) is 11.8 Å². The predicted molar refractivity (Wildman–Crippen MR) is 196 cm³/mol. The van der Waals surface area contributed by atoms with Crippen molar-refractivity contribution in [2.24, 2.45) is 11.3 Å². The van der Waals surface area contributed by atoms with Crippen LogP contribution in [0.2, 0.25) is 0 Å². The monoisotopic (exact) mass is 652 g/mol. The maximum atomic E-state index is 13.1. The number of ether oxygens (including phenoxy) is 1. The van der Waals surface area contributed by atoms with E-state index < -0.39 is 4.75 Å².